The summed E-state index contributed by atoms with van der Waals surface area (Å²) in [5, 5.41) is 21.8. The molecule has 4 heteroatoms. The Morgan fingerprint density at radius 2 is 0.265 bits per heavy atom. The molecule has 0 atom stereocenters. The molecule has 22 aromatic rings. The molecule has 0 N–H and O–H groups in total. The van der Waals surface area contributed by atoms with Gasteiger partial charge in [0, 0.05) is 86.2 Å². The van der Waals surface area contributed by atoms with Crippen LogP contribution in [0.3, 0.4) is 0 Å². The maximum Gasteiger partial charge on any atom is 0.0634 e. The summed E-state index contributed by atoms with van der Waals surface area (Å²) in [5.74, 6) is 0. The minimum absolute atomic E-state index is 0.242. The van der Waals surface area contributed by atoms with Crippen molar-refractivity contribution in [2.45, 2.75) is 296 Å². The molecular weight excluding hydrogens is 1640 g/mol. The van der Waals surface area contributed by atoms with Gasteiger partial charge in [0.15, 0.2) is 0 Å². The van der Waals surface area contributed by atoms with Crippen molar-refractivity contribution in [3.63, 3.8) is 0 Å². The summed E-state index contributed by atoms with van der Waals surface area (Å²) in [4.78, 5) is 0. The van der Waals surface area contributed by atoms with Gasteiger partial charge in [-0.1, -0.05) is 488 Å². The van der Waals surface area contributed by atoms with E-state index in [0.29, 0.717) is 21.7 Å². The van der Waals surface area contributed by atoms with Gasteiger partial charge >= 0.3 is 0 Å². The molecule has 0 saturated heterocycles. The lowest BCUT2D eigenvalue weighted by Crippen LogP contribution is -2.16. The lowest BCUT2D eigenvalue weighted by Gasteiger charge is -2.25. The molecule has 136 heavy (non-hydrogen) atoms. The van der Waals surface area contributed by atoms with Gasteiger partial charge in [-0.25, -0.2) is 0 Å². The highest BCUT2D eigenvalue weighted by Gasteiger charge is 2.32. The van der Waals surface area contributed by atoms with E-state index in [1.165, 1.54) is 208 Å². The first-order chi connectivity index (χ1) is 63.1. The molecule has 22 rings (SSSR count). The summed E-state index contributed by atoms with van der Waals surface area (Å²) in [7, 11) is 0. The molecule has 14 aromatic carbocycles. The lowest BCUT2D eigenvalue weighted by molar-refractivity contribution is 0.469. The molecule has 708 valence electrons. The summed E-state index contributed by atoms with van der Waals surface area (Å²) < 4.78 is 9.99. The Balaban J connectivity index is 0.000000139. The molecule has 0 saturated carbocycles. The Hall–Kier alpha value is -11.7. The highest BCUT2D eigenvalue weighted by Crippen LogP contribution is 2.54. The van der Waals surface area contributed by atoms with E-state index in [1.54, 1.807) is 0 Å². The van der Waals surface area contributed by atoms with Crippen molar-refractivity contribution in [2.75, 3.05) is 0 Å². The van der Waals surface area contributed by atoms with Crippen molar-refractivity contribution in [1.82, 2.24) is 17.6 Å². The van der Waals surface area contributed by atoms with Crippen LogP contribution in [0.5, 0.6) is 0 Å². The Kier molecular flexibility index (Phi) is 28.4. The number of hydrogen-bond donors (Lipinski definition) is 0. The van der Waals surface area contributed by atoms with Gasteiger partial charge in [-0.2, -0.15) is 0 Å². The molecule has 0 aliphatic carbocycles. The molecule has 4 nitrogen and oxygen atoms in total. The van der Waals surface area contributed by atoms with E-state index in [0.717, 1.165) is 0 Å². The molecule has 0 aliphatic heterocycles. The van der Waals surface area contributed by atoms with E-state index in [-0.39, 0.29) is 32.5 Å². The van der Waals surface area contributed by atoms with E-state index in [4.69, 9.17) is 0 Å². The number of benzene rings is 14. The summed E-state index contributed by atoms with van der Waals surface area (Å²) >= 11 is 0. The Morgan fingerprint density at radius 3 is 0.390 bits per heavy atom. The van der Waals surface area contributed by atoms with Crippen molar-refractivity contribution in [3.05, 3.63) is 335 Å². The number of rotatable bonds is 0. The smallest absolute Gasteiger partial charge is 0.0634 e. The van der Waals surface area contributed by atoms with E-state index in [9.17, 15) is 0 Å². The van der Waals surface area contributed by atoms with Crippen molar-refractivity contribution >= 4 is 152 Å². The van der Waals surface area contributed by atoms with Crippen LogP contribution in [0.4, 0.5) is 0 Å². The van der Waals surface area contributed by atoms with Crippen LogP contribution in [0.25, 0.3) is 152 Å². The van der Waals surface area contributed by atoms with Gasteiger partial charge in [0.1, 0.15) is 0 Å². The standard InChI is InChI=1S/2C30H16N2.2C15H24.2C11H16.4C5H12/c2*1-5-13-21-17(9-1)25-26-18-10-2-7-15-23(18)32-24-16-8-4-12-20(24)28(30(26)32)27-19-11-3-6-14-22(19)31(21)29(25)27;2*1-11-8-12(14(2,3)4)10-13(9-11)15(5,6)7;2*1-9-5-7-10(8-6-9)11(2,3)4;4*1-5(2,3)4/h2*1-16H;2*8-10H,1-7H3;2*5-8H,1-4H3;4*1-4H3. The van der Waals surface area contributed by atoms with Crippen molar-refractivity contribution in [1.29, 1.82) is 0 Å². The van der Waals surface area contributed by atoms with Crippen LogP contribution in [0.1, 0.15) is 291 Å². The predicted octanol–water partition coefficient (Wildman–Crippen LogP) is 39.9. The number of aromatic nitrogens is 4. The number of fused-ring (bicyclic) bond motifs is 28. The SMILES string of the molecule is CC(C)(C)C.CC(C)(C)C.CC(C)(C)C.CC(C)(C)C.Cc1cc(C(C)(C)C)cc(C(C)(C)C)c1.Cc1cc(C(C)(C)C)cc(C(C)(C)C)c1.Cc1ccc(C(C)(C)C)cc1.Cc1ccc(C(C)(C)C)cc1.c1ccc2c(c1)c1c3c4ccccc4n4c5ccccc5c(c5c6ccccc6n2c15)c34.c1ccc2c(c1)c1c3c4ccccc4n4c5ccccc5c(c5c6ccccc6n2c15)c34. The molecule has 0 amide bonds. The second-order valence-corrected chi connectivity index (χ2v) is 51.3. The second-order valence-electron chi connectivity index (χ2n) is 51.3. The second kappa shape index (κ2) is 38.0. The summed E-state index contributed by atoms with van der Waals surface area (Å²) in [5.41, 5.74) is 33.2. The third-order valence-corrected chi connectivity index (χ3v) is 24.6. The van der Waals surface area contributed by atoms with Crippen LogP contribution in [0.15, 0.2) is 279 Å². The van der Waals surface area contributed by atoms with Gasteiger partial charge in [-0.15, -0.1) is 0 Å². The molecule has 0 aliphatic rings. The van der Waals surface area contributed by atoms with Gasteiger partial charge in [0.25, 0.3) is 0 Å². The monoisotopic (exact) mass is 1800 g/mol. The van der Waals surface area contributed by atoms with Gasteiger partial charge in [0.2, 0.25) is 0 Å². The Bertz CT molecular complexity index is 6700. The molecule has 8 heterocycles. The quantitative estimate of drug-likeness (QED) is 0.144. The normalized spacial score (nSPS) is 12.6. The van der Waals surface area contributed by atoms with Crippen LogP contribution in [0, 0.1) is 49.4 Å². The van der Waals surface area contributed by atoms with Crippen molar-refractivity contribution in [2.24, 2.45) is 21.7 Å². The molecule has 0 bridgehead atoms. The van der Waals surface area contributed by atoms with Crippen molar-refractivity contribution < 1.29 is 0 Å². The van der Waals surface area contributed by atoms with Crippen LogP contribution in [0.2, 0.25) is 0 Å². The average molecular weight is 1800 g/mol. The highest BCUT2D eigenvalue weighted by molar-refractivity contribution is 6.47. The van der Waals surface area contributed by atoms with Crippen LogP contribution in [-0.2, 0) is 32.5 Å². The number of nitrogens with zero attached hydrogens (tertiary/aromatic N) is 4. The molecular formula is C132H160N4. The Labute approximate surface area is 816 Å². The largest absolute Gasteiger partial charge is 0.308 e. The van der Waals surface area contributed by atoms with Crippen LogP contribution < -0.4 is 0 Å². The van der Waals surface area contributed by atoms with E-state index < -0.39 is 0 Å². The maximum atomic E-state index is 2.50. The zero-order chi connectivity index (χ0) is 99.8. The zero-order valence-electron chi connectivity index (χ0n) is 90.3. The van der Waals surface area contributed by atoms with Gasteiger partial charge in [-0.05, 0) is 164 Å². The van der Waals surface area contributed by atoms with Gasteiger partial charge in [0.05, 0.1) is 66.2 Å². The number of hydrogen-bond acceptors (Lipinski definition) is 0. The van der Waals surface area contributed by atoms with Gasteiger partial charge in [-0.3, -0.25) is 0 Å². The molecule has 0 spiro atoms. The minimum atomic E-state index is 0.242. The predicted molar refractivity (Wildman–Crippen MR) is 609 cm³/mol. The molecule has 0 radical (unpaired) electrons. The average Bonchev–Trinajstić information content (AvgIpc) is 1.49. The van der Waals surface area contributed by atoms with Gasteiger partial charge < -0.3 is 17.6 Å². The lowest BCUT2D eigenvalue weighted by atomic mass is 9.80. The van der Waals surface area contributed by atoms with Crippen molar-refractivity contribution in [3.8, 4) is 0 Å². The fourth-order valence-corrected chi connectivity index (χ4v) is 18.4. The first-order valence-electron chi connectivity index (χ1n) is 49.9. The fourth-order valence-electron chi connectivity index (χ4n) is 18.4. The molecule has 0 fully saturated rings. The van der Waals surface area contributed by atoms with Crippen LogP contribution >= 0.6 is 0 Å². The summed E-state index contributed by atoms with van der Waals surface area (Å²) in [6, 6.07) is 103. The summed E-state index contributed by atoms with van der Waals surface area (Å²) in [6.45, 7) is 84.3. The topological polar surface area (TPSA) is 17.6 Å². The van der Waals surface area contributed by atoms with E-state index in [2.05, 4.69) is 560 Å². The first kappa shape index (κ1) is 102. The highest BCUT2D eigenvalue weighted by atomic mass is 15.0. The van der Waals surface area contributed by atoms with E-state index in [1.807, 2.05) is 0 Å². The first-order valence-corrected chi connectivity index (χ1v) is 49.9. The van der Waals surface area contributed by atoms with E-state index >= 15 is 0 Å². The third kappa shape index (κ3) is 22.3. The fraction of sp³-hybridized carbons (Fsp3) is 0.364. The molecule has 0 unspecified atom stereocenters. The number of aryl methyl sites for hydroxylation is 4. The Morgan fingerprint density at radius 1 is 0.140 bits per heavy atom. The third-order valence-electron chi connectivity index (χ3n) is 24.6. The molecule has 8 aromatic heterocycles. The van der Waals surface area contributed by atoms with Crippen LogP contribution in [-0.4, -0.2) is 17.6 Å². The number of para-hydroxylation sites is 8. The summed E-state index contributed by atoms with van der Waals surface area (Å²) in [6.07, 6.45) is 0. The zero-order valence-corrected chi connectivity index (χ0v) is 90.3. The maximum absolute atomic E-state index is 2.50. The minimum Gasteiger partial charge on any atom is -0.308 e.